The largest absolute Gasteiger partial charge is 0.493 e. The number of hydrogen-bond acceptors (Lipinski definition) is 5. The Morgan fingerprint density at radius 2 is 1.86 bits per heavy atom. The Hall–Kier alpha value is -3.03. The van der Waals surface area contributed by atoms with Crippen LogP contribution in [-0.4, -0.2) is 62.9 Å². The number of H-pyrrole nitrogens is 1. The van der Waals surface area contributed by atoms with Gasteiger partial charge >= 0.3 is 0 Å². The number of nitrogens with zero attached hydrogens (tertiary/aromatic N) is 1. The minimum absolute atomic E-state index is 0.00205. The van der Waals surface area contributed by atoms with Crippen molar-refractivity contribution in [3.05, 3.63) is 58.8 Å². The highest BCUT2D eigenvalue weighted by molar-refractivity contribution is 6.06. The van der Waals surface area contributed by atoms with E-state index in [2.05, 4.69) is 27.3 Å². The highest BCUT2D eigenvalue weighted by atomic mass is 16.5. The first-order chi connectivity index (χ1) is 17.2. The van der Waals surface area contributed by atoms with Gasteiger partial charge in [-0.15, -0.1) is 0 Å². The molecule has 3 aromatic rings. The molecule has 1 saturated heterocycles. The number of para-hydroxylation sites is 1. The molecule has 0 saturated carbocycles. The van der Waals surface area contributed by atoms with Gasteiger partial charge in [0.2, 0.25) is 0 Å². The van der Waals surface area contributed by atoms with Crippen molar-refractivity contribution in [3.8, 4) is 11.5 Å². The molecular weight excluding hydrogens is 442 g/mol. The number of aromatic nitrogens is 1. The van der Waals surface area contributed by atoms with Crippen LogP contribution in [0, 0.1) is 0 Å². The van der Waals surface area contributed by atoms with Crippen molar-refractivity contribution >= 4 is 16.8 Å². The predicted molar refractivity (Wildman–Crippen MR) is 137 cm³/mol. The zero-order valence-corrected chi connectivity index (χ0v) is 20.7. The first-order valence-corrected chi connectivity index (χ1v) is 12.6. The van der Waals surface area contributed by atoms with Gasteiger partial charge in [-0.3, -0.25) is 9.69 Å². The lowest BCUT2D eigenvalue weighted by atomic mass is 10.0. The van der Waals surface area contributed by atoms with Crippen LogP contribution in [0.1, 0.15) is 52.5 Å². The quantitative estimate of drug-likeness (QED) is 0.498. The van der Waals surface area contributed by atoms with E-state index in [0.717, 1.165) is 37.0 Å². The van der Waals surface area contributed by atoms with Crippen LogP contribution in [0.2, 0.25) is 0 Å². The number of ether oxygens (including phenoxy) is 3. The fourth-order valence-corrected chi connectivity index (χ4v) is 5.49. The van der Waals surface area contributed by atoms with E-state index in [9.17, 15) is 4.79 Å². The number of amides is 1. The van der Waals surface area contributed by atoms with Crippen LogP contribution < -0.4 is 14.8 Å². The fraction of sp³-hybridized carbons (Fsp3) is 0.464. The van der Waals surface area contributed by atoms with E-state index in [1.54, 1.807) is 14.2 Å². The third-order valence-electron chi connectivity index (χ3n) is 7.36. The van der Waals surface area contributed by atoms with E-state index in [-0.39, 0.29) is 11.9 Å². The van der Waals surface area contributed by atoms with Gasteiger partial charge in [-0.25, -0.2) is 0 Å². The zero-order chi connectivity index (χ0) is 24.2. The number of hydrogen-bond donors (Lipinski definition) is 2. The maximum atomic E-state index is 13.5. The Balaban J connectivity index is 1.40. The Bertz CT molecular complexity index is 1180. The number of carbonyl (C=O) groups excluding carboxylic acids is 1. The van der Waals surface area contributed by atoms with Crippen LogP contribution in [0.3, 0.4) is 0 Å². The molecule has 1 unspecified atom stereocenters. The maximum Gasteiger partial charge on any atom is 0.253 e. The van der Waals surface area contributed by atoms with Crippen molar-refractivity contribution in [1.82, 2.24) is 15.2 Å². The Morgan fingerprint density at radius 3 is 2.66 bits per heavy atom. The minimum Gasteiger partial charge on any atom is -0.493 e. The number of aromatic amines is 1. The van der Waals surface area contributed by atoms with Crippen molar-refractivity contribution < 1.29 is 19.0 Å². The van der Waals surface area contributed by atoms with Crippen LogP contribution in [0.4, 0.5) is 0 Å². The molecule has 5 rings (SSSR count). The molecular formula is C28H35N3O4. The number of methoxy groups -OCH3 is 2. The van der Waals surface area contributed by atoms with Gasteiger partial charge in [0.1, 0.15) is 0 Å². The Kier molecular flexibility index (Phi) is 7.25. The number of aryl methyl sites for hydroxylation is 2. The first-order valence-electron chi connectivity index (χ1n) is 12.6. The summed E-state index contributed by atoms with van der Waals surface area (Å²) < 4.78 is 16.6. The van der Waals surface area contributed by atoms with Gasteiger partial charge in [-0.2, -0.15) is 0 Å². The molecule has 186 valence electrons. The third kappa shape index (κ3) is 4.88. The van der Waals surface area contributed by atoms with Crippen molar-refractivity contribution in [2.75, 3.05) is 47.1 Å². The minimum atomic E-state index is -0.0502. The summed E-state index contributed by atoms with van der Waals surface area (Å²) >= 11 is 0. The molecule has 1 atom stereocenters. The normalized spacial score (nSPS) is 17.4. The van der Waals surface area contributed by atoms with Gasteiger partial charge in [-0.1, -0.05) is 24.6 Å². The molecule has 35 heavy (non-hydrogen) atoms. The maximum absolute atomic E-state index is 13.5. The van der Waals surface area contributed by atoms with E-state index in [4.69, 9.17) is 14.2 Å². The van der Waals surface area contributed by atoms with Crippen LogP contribution in [0.25, 0.3) is 10.9 Å². The molecule has 2 heterocycles. The molecule has 2 aliphatic rings. The number of benzene rings is 2. The number of morpholine rings is 1. The molecule has 0 bridgehead atoms. The van der Waals surface area contributed by atoms with Gasteiger partial charge in [0.25, 0.3) is 5.91 Å². The number of carbonyl (C=O) groups is 1. The van der Waals surface area contributed by atoms with E-state index in [1.807, 2.05) is 24.3 Å². The standard InChI is InChI=1S/C28H35N3O4/c1-33-25-12-11-19(17-26(25)34-2)24(31-13-15-35-16-14-31)18-29-28(32)22-9-6-8-21-20-7-4-3-5-10-23(20)30-27(21)22/h6,8-9,11-12,17,24,30H,3-5,7,10,13-16,18H2,1-2H3,(H,29,32). The number of nitrogens with one attached hydrogen (secondary N) is 2. The van der Waals surface area contributed by atoms with E-state index >= 15 is 0 Å². The second-order valence-corrected chi connectivity index (χ2v) is 9.36. The van der Waals surface area contributed by atoms with E-state index < -0.39 is 0 Å². The first kappa shape index (κ1) is 23.7. The topological polar surface area (TPSA) is 75.8 Å². The van der Waals surface area contributed by atoms with Crippen molar-refractivity contribution in [1.29, 1.82) is 0 Å². The molecule has 0 radical (unpaired) electrons. The lowest BCUT2D eigenvalue weighted by Crippen LogP contribution is -2.43. The van der Waals surface area contributed by atoms with E-state index in [0.29, 0.717) is 36.8 Å². The van der Waals surface area contributed by atoms with Crippen molar-refractivity contribution in [2.24, 2.45) is 0 Å². The summed E-state index contributed by atoms with van der Waals surface area (Å²) in [6.07, 6.45) is 5.82. The predicted octanol–water partition coefficient (Wildman–Crippen LogP) is 4.26. The summed E-state index contributed by atoms with van der Waals surface area (Å²) in [5.74, 6) is 1.33. The van der Waals surface area contributed by atoms with Gasteiger partial charge < -0.3 is 24.5 Å². The number of fused-ring (bicyclic) bond motifs is 3. The molecule has 7 heteroatoms. The molecule has 1 amide bonds. The SMILES string of the molecule is COc1ccc(C(CNC(=O)c2cccc3c4c([nH]c23)CCCCC4)N2CCOCC2)cc1OC. The second kappa shape index (κ2) is 10.7. The fourth-order valence-electron chi connectivity index (χ4n) is 5.49. The lowest BCUT2D eigenvalue weighted by molar-refractivity contribution is 0.0162. The Labute approximate surface area is 206 Å². The summed E-state index contributed by atoms with van der Waals surface area (Å²) in [5, 5.41) is 4.43. The lowest BCUT2D eigenvalue weighted by Gasteiger charge is -2.35. The summed E-state index contributed by atoms with van der Waals surface area (Å²) in [5.41, 5.74) is 5.45. The summed E-state index contributed by atoms with van der Waals surface area (Å²) in [7, 11) is 3.28. The molecule has 7 nitrogen and oxygen atoms in total. The third-order valence-corrected chi connectivity index (χ3v) is 7.36. The van der Waals surface area contributed by atoms with Crippen LogP contribution in [-0.2, 0) is 17.6 Å². The van der Waals surface area contributed by atoms with E-state index in [1.165, 1.54) is 35.9 Å². The Morgan fingerprint density at radius 1 is 1.06 bits per heavy atom. The second-order valence-electron chi connectivity index (χ2n) is 9.36. The molecule has 1 fully saturated rings. The van der Waals surface area contributed by atoms with Crippen LogP contribution in [0.15, 0.2) is 36.4 Å². The van der Waals surface area contributed by atoms with Crippen molar-refractivity contribution in [2.45, 2.75) is 38.1 Å². The van der Waals surface area contributed by atoms with Crippen molar-refractivity contribution in [3.63, 3.8) is 0 Å². The molecule has 1 aromatic heterocycles. The highest BCUT2D eigenvalue weighted by Gasteiger charge is 2.25. The van der Waals surface area contributed by atoms with Crippen LogP contribution >= 0.6 is 0 Å². The summed E-state index contributed by atoms with van der Waals surface area (Å²) in [6, 6.07) is 12.1. The van der Waals surface area contributed by atoms with Gasteiger partial charge in [0, 0.05) is 30.7 Å². The average Bonchev–Trinajstić information content (AvgIpc) is 3.09. The summed E-state index contributed by atoms with van der Waals surface area (Å²) in [4.78, 5) is 19.4. The molecule has 2 aromatic carbocycles. The average molecular weight is 478 g/mol. The monoisotopic (exact) mass is 477 g/mol. The summed E-state index contributed by atoms with van der Waals surface area (Å²) in [6.45, 7) is 3.49. The highest BCUT2D eigenvalue weighted by Crippen LogP contribution is 2.33. The molecule has 0 spiro atoms. The molecule has 1 aliphatic carbocycles. The van der Waals surface area contributed by atoms with Crippen LogP contribution in [0.5, 0.6) is 11.5 Å². The molecule has 1 aliphatic heterocycles. The zero-order valence-electron chi connectivity index (χ0n) is 20.7. The van der Waals surface area contributed by atoms with Gasteiger partial charge in [-0.05, 0) is 55.0 Å². The number of rotatable bonds is 7. The molecule has 2 N–H and O–H groups in total. The van der Waals surface area contributed by atoms with Gasteiger partial charge in [0.05, 0.1) is 44.6 Å². The smallest absolute Gasteiger partial charge is 0.253 e. The van der Waals surface area contributed by atoms with Gasteiger partial charge in [0.15, 0.2) is 11.5 Å².